The summed E-state index contributed by atoms with van der Waals surface area (Å²) in [6, 6.07) is 10.6. The van der Waals surface area contributed by atoms with E-state index in [2.05, 4.69) is 15.6 Å². The van der Waals surface area contributed by atoms with Crippen LogP contribution in [-0.2, 0) is 10.0 Å². The number of sulfonamides is 1. The first-order valence-corrected chi connectivity index (χ1v) is 10.9. The first-order chi connectivity index (χ1) is 14.3. The van der Waals surface area contributed by atoms with Crippen LogP contribution in [-0.4, -0.2) is 51.8 Å². The Morgan fingerprint density at radius 3 is 2.57 bits per heavy atom. The highest BCUT2D eigenvalue weighted by Crippen LogP contribution is 2.28. The van der Waals surface area contributed by atoms with Gasteiger partial charge in [-0.25, -0.2) is 13.1 Å². The van der Waals surface area contributed by atoms with Crippen molar-refractivity contribution in [3.63, 3.8) is 0 Å². The molecule has 0 radical (unpaired) electrons. The molecule has 0 aliphatic rings. The zero-order valence-corrected chi connectivity index (χ0v) is 17.9. The highest BCUT2D eigenvalue weighted by atomic mass is 35.5. The maximum atomic E-state index is 12.7. The number of carbonyl (C=O) groups is 1. The van der Waals surface area contributed by atoms with Gasteiger partial charge in [-0.2, -0.15) is 4.31 Å². The van der Waals surface area contributed by atoms with Crippen LogP contribution in [0.4, 0.5) is 5.69 Å². The fourth-order valence-electron chi connectivity index (χ4n) is 2.80. The van der Waals surface area contributed by atoms with Crippen LogP contribution in [0.5, 0.6) is 5.75 Å². The highest BCUT2D eigenvalue weighted by Gasteiger charge is 2.23. The zero-order valence-electron chi connectivity index (χ0n) is 16.3. The van der Waals surface area contributed by atoms with Crippen LogP contribution in [0.1, 0.15) is 24.3 Å². The van der Waals surface area contributed by atoms with Crippen molar-refractivity contribution in [1.82, 2.24) is 19.3 Å². The molecule has 0 saturated carbocycles. The van der Waals surface area contributed by atoms with Gasteiger partial charge in [-0.05, 0) is 30.3 Å². The van der Waals surface area contributed by atoms with Gasteiger partial charge in [-0.15, -0.1) is 5.10 Å². The molecule has 1 amide bonds. The number of carbonyl (C=O) groups excluding carboxylic acids is 1. The molecule has 0 fully saturated rings. The van der Waals surface area contributed by atoms with Gasteiger partial charge in [0.25, 0.3) is 5.91 Å². The van der Waals surface area contributed by atoms with E-state index in [0.717, 1.165) is 0 Å². The summed E-state index contributed by atoms with van der Waals surface area (Å²) in [6.07, 6.45) is 1.38. The van der Waals surface area contributed by atoms with Crippen molar-refractivity contribution >= 4 is 33.2 Å². The summed E-state index contributed by atoms with van der Waals surface area (Å²) in [5.74, 6) is -0.943. The molecule has 1 aromatic heterocycles. The van der Waals surface area contributed by atoms with Crippen LogP contribution >= 0.6 is 11.6 Å². The topological polar surface area (TPSA) is 117 Å². The number of anilines is 1. The van der Waals surface area contributed by atoms with E-state index in [9.17, 15) is 18.3 Å². The first kappa shape index (κ1) is 21.8. The van der Waals surface area contributed by atoms with Crippen molar-refractivity contribution in [1.29, 1.82) is 0 Å². The molecule has 3 rings (SSSR count). The summed E-state index contributed by atoms with van der Waals surface area (Å²) in [5, 5.41) is 20.7. The van der Waals surface area contributed by atoms with E-state index >= 15 is 0 Å². The average Bonchev–Trinajstić information content (AvgIpc) is 3.20. The standard InChI is InChI=1S/C19H20ClN5O4S/c1-3-24(4-2)30(28,29)13-9-10-18(26)15(11-13)21-19(27)16-12-25(23-22-16)17-8-6-5-7-14(17)20/h5-12,26H,3-4H2,1-2H3,(H,21,27). The van der Waals surface area contributed by atoms with Crippen molar-refractivity contribution in [2.45, 2.75) is 18.7 Å². The average molecular weight is 450 g/mol. The number of phenolic OH excluding ortho intramolecular Hbond substituents is 1. The molecule has 0 spiro atoms. The van der Waals surface area contributed by atoms with Gasteiger partial charge in [-0.3, -0.25) is 4.79 Å². The van der Waals surface area contributed by atoms with Crippen LogP contribution in [0.3, 0.4) is 0 Å². The molecule has 3 aromatic rings. The third-order valence-electron chi connectivity index (χ3n) is 4.38. The minimum Gasteiger partial charge on any atom is -0.506 e. The number of amides is 1. The van der Waals surface area contributed by atoms with E-state index in [1.54, 1.807) is 38.1 Å². The fourth-order valence-corrected chi connectivity index (χ4v) is 4.50. The van der Waals surface area contributed by atoms with E-state index in [1.807, 2.05) is 0 Å². The smallest absolute Gasteiger partial charge is 0.277 e. The van der Waals surface area contributed by atoms with Crippen LogP contribution in [0.2, 0.25) is 5.02 Å². The summed E-state index contributed by atoms with van der Waals surface area (Å²) in [5.41, 5.74) is 0.452. The molecule has 0 bridgehead atoms. The number of halogens is 1. The number of phenols is 1. The number of benzene rings is 2. The molecule has 1 heterocycles. The number of nitrogens with zero attached hydrogens (tertiary/aromatic N) is 4. The van der Waals surface area contributed by atoms with Gasteiger partial charge in [0.1, 0.15) is 5.75 Å². The molecular weight excluding hydrogens is 430 g/mol. The lowest BCUT2D eigenvalue weighted by molar-refractivity contribution is 0.102. The van der Waals surface area contributed by atoms with Gasteiger partial charge in [0.15, 0.2) is 5.69 Å². The highest BCUT2D eigenvalue weighted by molar-refractivity contribution is 7.89. The number of hydrogen-bond donors (Lipinski definition) is 2. The Hall–Kier alpha value is -2.95. The number of rotatable bonds is 7. The van der Waals surface area contributed by atoms with Crippen LogP contribution in [0.15, 0.2) is 53.6 Å². The Morgan fingerprint density at radius 1 is 1.20 bits per heavy atom. The SMILES string of the molecule is CCN(CC)S(=O)(=O)c1ccc(O)c(NC(=O)c2cn(-c3ccccc3Cl)nn2)c1. The van der Waals surface area contributed by atoms with Gasteiger partial charge in [0.2, 0.25) is 10.0 Å². The Labute approximate surface area is 178 Å². The van der Waals surface area contributed by atoms with Crippen molar-refractivity contribution < 1.29 is 18.3 Å². The number of aromatic hydroxyl groups is 1. The molecule has 0 atom stereocenters. The Bertz CT molecular complexity index is 1180. The molecule has 0 aliphatic heterocycles. The second kappa shape index (κ2) is 8.82. The second-order valence-electron chi connectivity index (χ2n) is 6.22. The third kappa shape index (κ3) is 4.30. The minimum atomic E-state index is -3.75. The van der Waals surface area contributed by atoms with Crippen molar-refractivity contribution in [2.24, 2.45) is 0 Å². The number of hydrogen-bond acceptors (Lipinski definition) is 6. The van der Waals surface area contributed by atoms with Crippen molar-refractivity contribution in [3.8, 4) is 11.4 Å². The number of nitrogens with one attached hydrogen (secondary N) is 1. The molecule has 2 N–H and O–H groups in total. The van der Waals surface area contributed by atoms with Gasteiger partial charge < -0.3 is 10.4 Å². The van der Waals surface area contributed by atoms with Crippen LogP contribution in [0.25, 0.3) is 5.69 Å². The summed E-state index contributed by atoms with van der Waals surface area (Å²) >= 11 is 6.12. The van der Waals surface area contributed by atoms with E-state index in [1.165, 1.54) is 33.4 Å². The monoisotopic (exact) mass is 449 g/mol. The summed E-state index contributed by atoms with van der Waals surface area (Å²) in [6.45, 7) is 4.05. The van der Waals surface area contributed by atoms with Crippen molar-refractivity contribution in [3.05, 3.63) is 59.4 Å². The third-order valence-corrected chi connectivity index (χ3v) is 6.75. The van der Waals surface area contributed by atoms with Gasteiger partial charge >= 0.3 is 0 Å². The molecular formula is C19H20ClN5O4S. The fraction of sp³-hybridized carbons (Fsp3) is 0.211. The van der Waals surface area contributed by atoms with Gasteiger partial charge in [0, 0.05) is 13.1 Å². The maximum Gasteiger partial charge on any atom is 0.277 e. The lowest BCUT2D eigenvalue weighted by Crippen LogP contribution is -2.30. The quantitative estimate of drug-likeness (QED) is 0.535. The van der Waals surface area contributed by atoms with Crippen molar-refractivity contribution in [2.75, 3.05) is 18.4 Å². The first-order valence-electron chi connectivity index (χ1n) is 9.09. The molecule has 2 aromatic carbocycles. The Morgan fingerprint density at radius 2 is 1.90 bits per heavy atom. The van der Waals surface area contributed by atoms with Gasteiger partial charge in [-0.1, -0.05) is 42.8 Å². The zero-order chi connectivity index (χ0) is 21.9. The number of para-hydroxylation sites is 1. The second-order valence-corrected chi connectivity index (χ2v) is 8.57. The maximum absolute atomic E-state index is 12.7. The molecule has 0 aliphatic carbocycles. The minimum absolute atomic E-state index is 0.0358. The largest absolute Gasteiger partial charge is 0.506 e. The predicted octanol–water partition coefficient (Wildman–Crippen LogP) is 2.91. The molecule has 158 valence electrons. The van der Waals surface area contributed by atoms with E-state index < -0.39 is 15.9 Å². The lowest BCUT2D eigenvalue weighted by atomic mass is 10.3. The van der Waals surface area contributed by atoms with E-state index in [0.29, 0.717) is 23.8 Å². The lowest BCUT2D eigenvalue weighted by Gasteiger charge is -2.19. The predicted molar refractivity (Wildman–Crippen MR) is 113 cm³/mol. The Kier molecular flexibility index (Phi) is 6.40. The van der Waals surface area contributed by atoms with Crippen LogP contribution in [0, 0.1) is 0 Å². The molecule has 30 heavy (non-hydrogen) atoms. The summed E-state index contributed by atoms with van der Waals surface area (Å²) in [4.78, 5) is 12.5. The molecule has 0 saturated heterocycles. The van der Waals surface area contributed by atoms with E-state index in [4.69, 9.17) is 11.6 Å². The molecule has 11 heteroatoms. The van der Waals surface area contributed by atoms with Crippen LogP contribution < -0.4 is 5.32 Å². The normalized spacial score (nSPS) is 11.6. The Balaban J connectivity index is 1.87. The van der Waals surface area contributed by atoms with E-state index in [-0.39, 0.29) is 22.0 Å². The summed E-state index contributed by atoms with van der Waals surface area (Å²) in [7, 11) is -3.75. The summed E-state index contributed by atoms with van der Waals surface area (Å²) < 4.78 is 28.0. The molecule has 9 nitrogen and oxygen atoms in total. The molecule has 0 unspecified atom stereocenters. The number of aromatic nitrogens is 3. The van der Waals surface area contributed by atoms with Gasteiger partial charge in [0.05, 0.1) is 27.5 Å².